The summed E-state index contributed by atoms with van der Waals surface area (Å²) < 4.78 is 10.9. The summed E-state index contributed by atoms with van der Waals surface area (Å²) in [4.78, 5) is 11.9. The zero-order valence-corrected chi connectivity index (χ0v) is 13.7. The number of carbonyl (C=O) groups excluding carboxylic acids is 1. The summed E-state index contributed by atoms with van der Waals surface area (Å²) in [7, 11) is 1.93. The minimum atomic E-state index is -0.527. The van der Waals surface area contributed by atoms with Crippen molar-refractivity contribution in [1.82, 2.24) is 5.32 Å². The Morgan fingerprint density at radius 1 is 1.33 bits per heavy atom. The van der Waals surface area contributed by atoms with E-state index in [1.165, 1.54) is 5.56 Å². The van der Waals surface area contributed by atoms with Crippen LogP contribution in [0, 0.1) is 6.92 Å². The van der Waals surface area contributed by atoms with Crippen LogP contribution in [-0.4, -0.2) is 25.7 Å². The molecule has 4 nitrogen and oxygen atoms in total. The molecule has 0 aromatic heterocycles. The van der Waals surface area contributed by atoms with Crippen molar-refractivity contribution in [2.24, 2.45) is 0 Å². The maximum Gasteiger partial charge on any atom is 0.347 e. The van der Waals surface area contributed by atoms with Crippen molar-refractivity contribution in [3.05, 3.63) is 29.3 Å². The van der Waals surface area contributed by atoms with E-state index in [-0.39, 0.29) is 12.0 Å². The molecule has 118 valence electrons. The molecule has 0 fully saturated rings. The smallest absolute Gasteiger partial charge is 0.347 e. The van der Waals surface area contributed by atoms with Crippen LogP contribution >= 0.6 is 0 Å². The number of ether oxygens (including phenoxy) is 2. The number of hydrogen-bond acceptors (Lipinski definition) is 4. The molecule has 0 saturated carbocycles. The number of hydrogen-bond donors (Lipinski definition) is 1. The molecule has 0 spiro atoms. The molecule has 2 unspecified atom stereocenters. The van der Waals surface area contributed by atoms with E-state index < -0.39 is 6.10 Å². The summed E-state index contributed by atoms with van der Waals surface area (Å²) in [6, 6.07) is 6.33. The van der Waals surface area contributed by atoms with E-state index >= 15 is 0 Å². The number of rotatable bonds is 8. The molecule has 1 rings (SSSR count). The van der Waals surface area contributed by atoms with Gasteiger partial charge in [0.1, 0.15) is 5.75 Å². The van der Waals surface area contributed by atoms with Gasteiger partial charge in [0, 0.05) is 6.04 Å². The minimum absolute atomic E-state index is 0.286. The molecule has 0 aliphatic rings. The summed E-state index contributed by atoms with van der Waals surface area (Å²) in [5.74, 6) is 0.458. The highest BCUT2D eigenvalue weighted by atomic mass is 16.6. The lowest BCUT2D eigenvalue weighted by molar-refractivity contribution is -0.151. The highest BCUT2D eigenvalue weighted by Crippen LogP contribution is 2.24. The van der Waals surface area contributed by atoms with E-state index in [0.717, 1.165) is 17.7 Å². The number of esters is 1. The van der Waals surface area contributed by atoms with E-state index in [1.807, 2.05) is 33.0 Å². The summed E-state index contributed by atoms with van der Waals surface area (Å²) in [5.41, 5.74) is 2.23. The fraction of sp³-hybridized carbons (Fsp3) is 0.588. The van der Waals surface area contributed by atoms with Crippen molar-refractivity contribution in [1.29, 1.82) is 0 Å². The Hall–Kier alpha value is -1.55. The van der Waals surface area contributed by atoms with Crippen molar-refractivity contribution in [3.63, 3.8) is 0 Å². The van der Waals surface area contributed by atoms with Crippen molar-refractivity contribution >= 4 is 5.97 Å². The van der Waals surface area contributed by atoms with Crippen LogP contribution in [0.4, 0.5) is 0 Å². The molecule has 4 heteroatoms. The normalized spacial score (nSPS) is 13.6. The molecule has 0 aliphatic carbocycles. The Bertz CT molecular complexity index is 459. The van der Waals surface area contributed by atoms with Gasteiger partial charge < -0.3 is 14.8 Å². The first-order valence-electron chi connectivity index (χ1n) is 7.64. The highest BCUT2D eigenvalue weighted by Gasteiger charge is 2.21. The number of aryl methyl sites for hydroxylation is 1. The number of benzene rings is 1. The summed E-state index contributed by atoms with van der Waals surface area (Å²) >= 11 is 0. The van der Waals surface area contributed by atoms with Gasteiger partial charge in [-0.2, -0.15) is 0 Å². The Kier molecular flexibility index (Phi) is 7.23. The molecule has 0 saturated heterocycles. The van der Waals surface area contributed by atoms with Gasteiger partial charge in [-0.05, 0) is 51.4 Å². The van der Waals surface area contributed by atoms with Crippen LogP contribution in [0.15, 0.2) is 18.2 Å². The third kappa shape index (κ3) is 5.05. The molecule has 2 atom stereocenters. The third-order valence-corrected chi connectivity index (χ3v) is 3.50. The van der Waals surface area contributed by atoms with Gasteiger partial charge >= 0.3 is 5.97 Å². The molecule has 1 aromatic carbocycles. The second kappa shape index (κ2) is 8.67. The Labute approximate surface area is 127 Å². The standard InChI is InChI=1S/C17H27NO3/c1-6-8-16(17(19)20-7-2)21-15-10-9-14(11-12(15)3)13(4)18-5/h9-11,13,16,18H,6-8H2,1-5H3. The van der Waals surface area contributed by atoms with Crippen molar-refractivity contribution in [3.8, 4) is 5.75 Å². The molecule has 0 bridgehead atoms. The molecular weight excluding hydrogens is 266 g/mol. The molecule has 0 aliphatic heterocycles. The average molecular weight is 293 g/mol. The minimum Gasteiger partial charge on any atom is -0.478 e. The van der Waals surface area contributed by atoms with Crippen LogP contribution in [-0.2, 0) is 9.53 Å². The van der Waals surface area contributed by atoms with E-state index in [1.54, 1.807) is 6.92 Å². The first-order valence-corrected chi connectivity index (χ1v) is 7.64. The van der Waals surface area contributed by atoms with Gasteiger partial charge in [-0.3, -0.25) is 0 Å². The van der Waals surface area contributed by atoms with Crippen molar-refractivity contribution in [2.75, 3.05) is 13.7 Å². The maximum absolute atomic E-state index is 11.9. The van der Waals surface area contributed by atoms with Gasteiger partial charge in [0.15, 0.2) is 6.10 Å². The van der Waals surface area contributed by atoms with Gasteiger partial charge in [-0.1, -0.05) is 25.5 Å². The lowest BCUT2D eigenvalue weighted by Gasteiger charge is -2.19. The lowest BCUT2D eigenvalue weighted by Crippen LogP contribution is -2.29. The second-order valence-corrected chi connectivity index (χ2v) is 5.18. The van der Waals surface area contributed by atoms with Gasteiger partial charge in [0.25, 0.3) is 0 Å². The van der Waals surface area contributed by atoms with Crippen LogP contribution in [0.25, 0.3) is 0 Å². The van der Waals surface area contributed by atoms with Gasteiger partial charge in [-0.25, -0.2) is 4.79 Å². The van der Waals surface area contributed by atoms with Gasteiger partial charge in [0.2, 0.25) is 0 Å². The Balaban J connectivity index is 2.86. The fourth-order valence-corrected chi connectivity index (χ4v) is 2.12. The molecule has 0 heterocycles. The van der Waals surface area contributed by atoms with Crippen LogP contribution in [0.3, 0.4) is 0 Å². The molecule has 1 N–H and O–H groups in total. The highest BCUT2D eigenvalue weighted by molar-refractivity contribution is 5.75. The summed E-state index contributed by atoms with van der Waals surface area (Å²) in [5, 5.41) is 3.21. The zero-order chi connectivity index (χ0) is 15.8. The van der Waals surface area contributed by atoms with E-state index in [0.29, 0.717) is 13.0 Å². The predicted molar refractivity (Wildman–Crippen MR) is 84.6 cm³/mol. The van der Waals surface area contributed by atoms with E-state index in [4.69, 9.17) is 9.47 Å². The Morgan fingerprint density at radius 3 is 2.57 bits per heavy atom. The largest absolute Gasteiger partial charge is 0.478 e. The van der Waals surface area contributed by atoms with Gasteiger partial charge in [-0.15, -0.1) is 0 Å². The predicted octanol–water partition coefficient (Wildman–Crippen LogP) is 3.39. The fourth-order valence-electron chi connectivity index (χ4n) is 2.12. The monoisotopic (exact) mass is 293 g/mol. The van der Waals surface area contributed by atoms with Gasteiger partial charge in [0.05, 0.1) is 6.61 Å². The van der Waals surface area contributed by atoms with E-state index in [2.05, 4.69) is 18.3 Å². The molecule has 1 aromatic rings. The molecule has 0 amide bonds. The topological polar surface area (TPSA) is 47.6 Å². The second-order valence-electron chi connectivity index (χ2n) is 5.18. The maximum atomic E-state index is 11.9. The third-order valence-electron chi connectivity index (χ3n) is 3.50. The SMILES string of the molecule is CCCC(Oc1ccc(C(C)NC)cc1C)C(=O)OCC. The van der Waals surface area contributed by atoms with Crippen LogP contribution < -0.4 is 10.1 Å². The summed E-state index contributed by atoms with van der Waals surface area (Å²) in [6.07, 6.45) is 1.01. The Morgan fingerprint density at radius 2 is 2.05 bits per heavy atom. The van der Waals surface area contributed by atoms with E-state index in [9.17, 15) is 4.79 Å². The molecule has 0 radical (unpaired) electrons. The lowest BCUT2D eigenvalue weighted by atomic mass is 10.1. The van der Waals surface area contributed by atoms with Crippen molar-refractivity contribution < 1.29 is 14.3 Å². The first-order chi connectivity index (χ1) is 10.0. The van der Waals surface area contributed by atoms with Crippen molar-refractivity contribution in [2.45, 2.75) is 52.7 Å². The number of carbonyl (C=O) groups is 1. The molecule has 21 heavy (non-hydrogen) atoms. The number of nitrogens with one attached hydrogen (secondary N) is 1. The molecular formula is C17H27NO3. The summed E-state index contributed by atoms with van der Waals surface area (Å²) in [6.45, 7) is 8.31. The van der Waals surface area contributed by atoms with Crippen LogP contribution in [0.1, 0.15) is 50.8 Å². The first kappa shape index (κ1) is 17.5. The zero-order valence-electron chi connectivity index (χ0n) is 13.7. The van der Waals surface area contributed by atoms with Crippen LogP contribution in [0.2, 0.25) is 0 Å². The van der Waals surface area contributed by atoms with Crippen LogP contribution in [0.5, 0.6) is 5.75 Å². The quantitative estimate of drug-likeness (QED) is 0.746. The average Bonchev–Trinajstić information content (AvgIpc) is 2.47.